The summed E-state index contributed by atoms with van der Waals surface area (Å²) in [7, 11) is -1.25. The van der Waals surface area contributed by atoms with E-state index in [1.807, 2.05) is 13.8 Å². The van der Waals surface area contributed by atoms with E-state index in [2.05, 4.69) is 40.9 Å². The lowest BCUT2D eigenvalue weighted by molar-refractivity contribution is 0.109. The van der Waals surface area contributed by atoms with Gasteiger partial charge in [-0.1, -0.05) is 20.8 Å². The van der Waals surface area contributed by atoms with E-state index in [4.69, 9.17) is 0 Å². The molecule has 27 heavy (non-hydrogen) atoms. The van der Waals surface area contributed by atoms with Crippen molar-refractivity contribution in [3.05, 3.63) is 0 Å². The van der Waals surface area contributed by atoms with Crippen molar-refractivity contribution >= 4 is 39.8 Å². The van der Waals surface area contributed by atoms with Crippen molar-refractivity contribution in [2.24, 2.45) is 16.8 Å². The van der Waals surface area contributed by atoms with Crippen LogP contribution in [0.4, 0.5) is 0 Å². The maximum Gasteiger partial charge on any atom is 0.193 e. The summed E-state index contributed by atoms with van der Waals surface area (Å²) in [6.07, 6.45) is 2.55. The van der Waals surface area contributed by atoms with Crippen LogP contribution in [0.3, 0.4) is 0 Å². The maximum absolute atomic E-state index is 12.3. The van der Waals surface area contributed by atoms with Gasteiger partial charge in [0, 0.05) is 32.7 Å². The predicted molar refractivity (Wildman–Crippen MR) is 125 cm³/mol. The van der Waals surface area contributed by atoms with Gasteiger partial charge in [0.2, 0.25) is 0 Å². The molecule has 0 radical (unpaired) electrons. The second kappa shape index (κ2) is 10.1. The van der Waals surface area contributed by atoms with E-state index in [9.17, 15) is 8.42 Å². The zero-order chi connectivity index (χ0) is 19.5. The Morgan fingerprint density at radius 3 is 2.30 bits per heavy atom. The van der Waals surface area contributed by atoms with Crippen LogP contribution in [0.2, 0.25) is 0 Å². The molecule has 0 aromatic rings. The average Bonchev–Trinajstić information content (AvgIpc) is 2.55. The second-order valence-corrected chi connectivity index (χ2v) is 11.7. The molecule has 2 heterocycles. The van der Waals surface area contributed by atoms with E-state index < -0.39 is 14.6 Å². The zero-order valence-corrected chi connectivity index (χ0v) is 21.0. The molecular formula is C19H39IN4O2S. The summed E-state index contributed by atoms with van der Waals surface area (Å²) in [6, 6.07) is 0.473. The van der Waals surface area contributed by atoms with Gasteiger partial charge in [-0.2, -0.15) is 0 Å². The van der Waals surface area contributed by atoms with Crippen LogP contribution < -0.4 is 5.32 Å². The molecule has 6 nitrogen and oxygen atoms in total. The molecule has 1 N–H and O–H groups in total. The summed E-state index contributed by atoms with van der Waals surface area (Å²) in [5, 5.41) is 3.53. The average molecular weight is 515 g/mol. The summed E-state index contributed by atoms with van der Waals surface area (Å²) in [6.45, 7) is 14.7. The Hall–Kier alpha value is -0.0900. The number of guanidine groups is 1. The molecule has 0 saturated carbocycles. The smallest absolute Gasteiger partial charge is 0.193 e. The Balaban J connectivity index is 0.00000364. The van der Waals surface area contributed by atoms with E-state index in [0.717, 1.165) is 18.4 Å². The minimum atomic E-state index is -3.04. The van der Waals surface area contributed by atoms with Crippen LogP contribution in [0.1, 0.15) is 47.5 Å². The van der Waals surface area contributed by atoms with Gasteiger partial charge in [-0.05, 0) is 51.6 Å². The van der Waals surface area contributed by atoms with Crippen LogP contribution in [0.5, 0.6) is 0 Å². The first-order valence-corrected chi connectivity index (χ1v) is 11.6. The van der Waals surface area contributed by atoms with Gasteiger partial charge < -0.3 is 10.2 Å². The molecule has 2 rings (SSSR count). The quantitative estimate of drug-likeness (QED) is 0.355. The Kier molecular flexibility index (Phi) is 9.33. The van der Waals surface area contributed by atoms with Gasteiger partial charge in [0.1, 0.15) is 0 Å². The van der Waals surface area contributed by atoms with Crippen molar-refractivity contribution in [3.63, 3.8) is 0 Å². The third-order valence-corrected chi connectivity index (χ3v) is 8.61. The largest absolute Gasteiger partial charge is 0.355 e. The van der Waals surface area contributed by atoms with Crippen LogP contribution in [0.15, 0.2) is 4.99 Å². The highest BCUT2D eigenvalue weighted by Gasteiger charge is 2.41. The topological polar surface area (TPSA) is 65.0 Å². The molecule has 2 aliphatic rings. The first kappa shape index (κ1) is 24.9. The number of halogens is 1. The van der Waals surface area contributed by atoms with Gasteiger partial charge in [0.05, 0.1) is 10.5 Å². The summed E-state index contributed by atoms with van der Waals surface area (Å²) in [4.78, 5) is 9.13. The highest BCUT2D eigenvalue weighted by Crippen LogP contribution is 2.24. The molecule has 1 unspecified atom stereocenters. The van der Waals surface area contributed by atoms with Gasteiger partial charge >= 0.3 is 0 Å². The van der Waals surface area contributed by atoms with E-state index in [-0.39, 0.29) is 29.7 Å². The molecule has 0 aliphatic carbocycles. The summed E-state index contributed by atoms with van der Waals surface area (Å²) < 4.78 is 23.8. The van der Waals surface area contributed by atoms with Crippen LogP contribution >= 0.6 is 24.0 Å². The molecule has 2 aliphatic heterocycles. The number of hydrogen-bond donors (Lipinski definition) is 1. The summed E-state index contributed by atoms with van der Waals surface area (Å²) in [5.74, 6) is 2.41. The standard InChI is InChI=1S/C19H38N4O2S.HI/c1-15(2)17(22-9-7-16(3)8-10-22)13-21-18(20-6)23-11-12-26(24,25)19(4,5)14-23;/h15-17H,7-14H2,1-6H3,(H,20,21);1H. The molecule has 0 bridgehead atoms. The number of rotatable bonds is 4. The van der Waals surface area contributed by atoms with Crippen LogP contribution in [-0.4, -0.2) is 80.5 Å². The Morgan fingerprint density at radius 1 is 1.22 bits per heavy atom. The number of aliphatic imine (C=N–C) groups is 1. The molecule has 1 atom stereocenters. The number of nitrogens with zero attached hydrogens (tertiary/aromatic N) is 3. The first-order valence-electron chi connectivity index (χ1n) is 9.99. The summed E-state index contributed by atoms with van der Waals surface area (Å²) >= 11 is 0. The van der Waals surface area contributed by atoms with E-state index >= 15 is 0 Å². The SMILES string of the molecule is CN=C(NCC(C(C)C)N1CCC(C)CC1)N1CCS(=O)(=O)C(C)(C)C1.I. The van der Waals surface area contributed by atoms with Crippen LogP contribution in [0, 0.1) is 11.8 Å². The number of sulfone groups is 1. The molecule has 2 fully saturated rings. The molecule has 0 spiro atoms. The fourth-order valence-electron chi connectivity index (χ4n) is 4.00. The minimum Gasteiger partial charge on any atom is -0.355 e. The van der Waals surface area contributed by atoms with Crippen LogP contribution in [-0.2, 0) is 9.84 Å². The van der Waals surface area contributed by atoms with Crippen molar-refractivity contribution in [3.8, 4) is 0 Å². The first-order chi connectivity index (χ1) is 12.1. The fourth-order valence-corrected chi connectivity index (χ4v) is 5.37. The Morgan fingerprint density at radius 2 is 1.81 bits per heavy atom. The van der Waals surface area contributed by atoms with E-state index in [1.54, 1.807) is 7.05 Å². The lowest BCUT2D eigenvalue weighted by atomic mass is 9.94. The zero-order valence-electron chi connectivity index (χ0n) is 17.9. The molecule has 0 aromatic carbocycles. The molecule has 8 heteroatoms. The molecule has 2 saturated heterocycles. The fraction of sp³-hybridized carbons (Fsp3) is 0.947. The van der Waals surface area contributed by atoms with Gasteiger partial charge in [0.25, 0.3) is 0 Å². The van der Waals surface area contributed by atoms with Crippen molar-refractivity contribution in [1.29, 1.82) is 0 Å². The lowest BCUT2D eigenvalue weighted by Crippen LogP contribution is -2.58. The normalized spacial score (nSPS) is 25.1. The van der Waals surface area contributed by atoms with Crippen molar-refractivity contribution in [2.45, 2.75) is 58.2 Å². The highest BCUT2D eigenvalue weighted by molar-refractivity contribution is 14.0. The maximum atomic E-state index is 12.3. The molecule has 0 amide bonds. The second-order valence-electron chi connectivity index (χ2n) is 8.96. The minimum absolute atomic E-state index is 0. The Bertz CT molecular complexity index is 599. The lowest BCUT2D eigenvalue weighted by Gasteiger charge is -2.41. The van der Waals surface area contributed by atoms with Crippen molar-refractivity contribution < 1.29 is 8.42 Å². The molecule has 0 aromatic heterocycles. The van der Waals surface area contributed by atoms with Gasteiger partial charge in [0.15, 0.2) is 15.8 Å². The van der Waals surface area contributed by atoms with Gasteiger partial charge in [-0.15, -0.1) is 24.0 Å². The predicted octanol–water partition coefficient (Wildman–Crippen LogP) is 2.45. The van der Waals surface area contributed by atoms with E-state index in [0.29, 0.717) is 25.0 Å². The summed E-state index contributed by atoms with van der Waals surface area (Å²) in [5.41, 5.74) is 0. The third-order valence-electron chi connectivity index (χ3n) is 6.08. The number of nitrogens with one attached hydrogen (secondary N) is 1. The van der Waals surface area contributed by atoms with Crippen molar-refractivity contribution in [1.82, 2.24) is 15.1 Å². The monoisotopic (exact) mass is 514 g/mol. The number of hydrogen-bond acceptors (Lipinski definition) is 4. The van der Waals surface area contributed by atoms with Gasteiger partial charge in [-0.25, -0.2) is 8.42 Å². The number of piperidine rings is 1. The Labute approximate surface area is 183 Å². The molecular weight excluding hydrogens is 475 g/mol. The van der Waals surface area contributed by atoms with Crippen molar-refractivity contribution in [2.75, 3.05) is 45.5 Å². The van der Waals surface area contributed by atoms with E-state index in [1.165, 1.54) is 25.9 Å². The van der Waals surface area contributed by atoms with Gasteiger partial charge in [-0.3, -0.25) is 9.89 Å². The molecule has 160 valence electrons. The highest BCUT2D eigenvalue weighted by atomic mass is 127. The number of likely N-dealkylation sites (tertiary alicyclic amines) is 1. The third kappa shape index (κ3) is 6.19. The van der Waals surface area contributed by atoms with Crippen LogP contribution in [0.25, 0.3) is 0 Å².